The van der Waals surface area contributed by atoms with Gasteiger partial charge in [0.25, 0.3) is 0 Å². The lowest BCUT2D eigenvalue weighted by Crippen LogP contribution is -2.31. The molecule has 2 N–H and O–H groups in total. The van der Waals surface area contributed by atoms with Gasteiger partial charge in [-0.2, -0.15) is 0 Å². The first-order valence-corrected chi connectivity index (χ1v) is 7.21. The van der Waals surface area contributed by atoms with E-state index in [4.69, 9.17) is 39.0 Å². The number of hydrogen-bond acceptors (Lipinski definition) is 4. The number of thiocarbonyl (C=S) groups is 1. The van der Waals surface area contributed by atoms with Gasteiger partial charge in [-0.1, -0.05) is 23.8 Å². The first kappa shape index (κ1) is 17.2. The van der Waals surface area contributed by atoms with Crippen molar-refractivity contribution in [1.82, 2.24) is 0 Å². The van der Waals surface area contributed by atoms with Crippen molar-refractivity contribution in [3.63, 3.8) is 0 Å². The van der Waals surface area contributed by atoms with Crippen molar-refractivity contribution in [2.75, 3.05) is 45.4 Å². The summed E-state index contributed by atoms with van der Waals surface area (Å²) in [6.45, 7) is 2.89. The third-order valence-corrected chi connectivity index (χ3v) is 3.36. The zero-order valence-electron chi connectivity index (χ0n) is 11.9. The van der Waals surface area contributed by atoms with Crippen molar-refractivity contribution in [3.05, 3.63) is 28.8 Å². The number of benzene rings is 1. The standard InChI is InChI=1S/C14H21ClN2O2S/c1-18-8-3-6-17(7-9-19-2)13-10-11(15)4-5-12(13)14(16)20/h4-5,10H,3,6-9H2,1-2H3,(H2,16,20). The molecule has 4 nitrogen and oxygen atoms in total. The van der Waals surface area contributed by atoms with E-state index in [9.17, 15) is 0 Å². The third kappa shape index (κ3) is 5.25. The largest absolute Gasteiger partial charge is 0.389 e. The van der Waals surface area contributed by atoms with Crippen LogP contribution < -0.4 is 10.6 Å². The second kappa shape index (κ2) is 9.13. The molecule has 6 heteroatoms. The lowest BCUT2D eigenvalue weighted by atomic mass is 10.1. The van der Waals surface area contributed by atoms with Gasteiger partial charge in [0.15, 0.2) is 0 Å². The molecule has 1 aromatic carbocycles. The molecular weight excluding hydrogens is 296 g/mol. The molecule has 0 amide bonds. The Morgan fingerprint density at radius 2 is 1.95 bits per heavy atom. The summed E-state index contributed by atoms with van der Waals surface area (Å²) in [6.07, 6.45) is 0.906. The van der Waals surface area contributed by atoms with Gasteiger partial charge in [-0.05, 0) is 24.6 Å². The zero-order valence-corrected chi connectivity index (χ0v) is 13.5. The molecule has 0 atom stereocenters. The van der Waals surface area contributed by atoms with E-state index in [1.54, 1.807) is 20.3 Å². The van der Waals surface area contributed by atoms with Crippen LogP contribution in [0.5, 0.6) is 0 Å². The van der Waals surface area contributed by atoms with Crippen LogP contribution in [0.15, 0.2) is 18.2 Å². The average molecular weight is 317 g/mol. The summed E-state index contributed by atoms with van der Waals surface area (Å²) in [5.74, 6) is 0. The fraction of sp³-hybridized carbons (Fsp3) is 0.500. The number of rotatable bonds is 9. The first-order chi connectivity index (χ1) is 9.60. The fourth-order valence-corrected chi connectivity index (χ4v) is 2.27. The van der Waals surface area contributed by atoms with Crippen LogP contribution in [-0.2, 0) is 9.47 Å². The van der Waals surface area contributed by atoms with Gasteiger partial charge in [0.05, 0.1) is 6.61 Å². The van der Waals surface area contributed by atoms with Crippen LogP contribution in [-0.4, -0.2) is 45.5 Å². The van der Waals surface area contributed by atoms with Crippen molar-refractivity contribution in [2.45, 2.75) is 6.42 Å². The molecular formula is C14H21ClN2O2S. The second-order valence-electron chi connectivity index (χ2n) is 4.35. The van der Waals surface area contributed by atoms with Crippen LogP contribution in [0.3, 0.4) is 0 Å². The number of hydrogen-bond donors (Lipinski definition) is 1. The van der Waals surface area contributed by atoms with Crippen LogP contribution in [0, 0.1) is 0 Å². The Bertz CT molecular complexity index is 443. The van der Waals surface area contributed by atoms with E-state index in [1.165, 1.54) is 0 Å². The van der Waals surface area contributed by atoms with Crippen LogP contribution >= 0.6 is 23.8 Å². The van der Waals surface area contributed by atoms with Crippen molar-refractivity contribution in [3.8, 4) is 0 Å². The Morgan fingerprint density at radius 3 is 2.55 bits per heavy atom. The number of halogens is 1. The quantitative estimate of drug-likeness (QED) is 0.560. The smallest absolute Gasteiger partial charge is 0.106 e. The highest BCUT2D eigenvalue weighted by molar-refractivity contribution is 7.80. The molecule has 20 heavy (non-hydrogen) atoms. The summed E-state index contributed by atoms with van der Waals surface area (Å²) in [5.41, 5.74) is 7.57. The third-order valence-electron chi connectivity index (χ3n) is 2.91. The summed E-state index contributed by atoms with van der Waals surface area (Å²) in [4.78, 5) is 2.54. The zero-order chi connectivity index (χ0) is 15.0. The Balaban J connectivity index is 2.97. The second-order valence-corrected chi connectivity index (χ2v) is 5.23. The minimum Gasteiger partial charge on any atom is -0.389 e. The Hall–Kier alpha value is -0.880. The molecule has 0 spiro atoms. The van der Waals surface area contributed by atoms with E-state index < -0.39 is 0 Å². The molecule has 0 heterocycles. The summed E-state index contributed by atoms with van der Waals surface area (Å²) in [6, 6.07) is 5.54. The molecule has 112 valence electrons. The summed E-state index contributed by atoms with van der Waals surface area (Å²) in [7, 11) is 3.37. The molecule has 0 saturated carbocycles. The highest BCUT2D eigenvalue weighted by Crippen LogP contribution is 2.25. The number of ether oxygens (including phenoxy) is 2. The van der Waals surface area contributed by atoms with Crippen LogP contribution in [0.25, 0.3) is 0 Å². The predicted molar refractivity (Wildman–Crippen MR) is 87.9 cm³/mol. The molecule has 1 rings (SSSR count). The average Bonchev–Trinajstić information content (AvgIpc) is 2.42. The van der Waals surface area contributed by atoms with Gasteiger partial charge >= 0.3 is 0 Å². The molecule has 0 fully saturated rings. The first-order valence-electron chi connectivity index (χ1n) is 6.42. The Morgan fingerprint density at radius 1 is 1.25 bits per heavy atom. The van der Waals surface area contributed by atoms with Gasteiger partial charge in [-0.25, -0.2) is 0 Å². The van der Waals surface area contributed by atoms with Gasteiger partial charge in [0.2, 0.25) is 0 Å². The number of anilines is 1. The summed E-state index contributed by atoms with van der Waals surface area (Å²) < 4.78 is 10.3. The fourth-order valence-electron chi connectivity index (χ4n) is 1.93. The maximum atomic E-state index is 6.09. The maximum Gasteiger partial charge on any atom is 0.106 e. The van der Waals surface area contributed by atoms with E-state index >= 15 is 0 Å². The van der Waals surface area contributed by atoms with Crippen LogP contribution in [0.1, 0.15) is 12.0 Å². The molecule has 0 aliphatic rings. The van der Waals surface area contributed by atoms with Gasteiger partial charge in [0.1, 0.15) is 4.99 Å². The van der Waals surface area contributed by atoms with Gasteiger partial charge < -0.3 is 20.1 Å². The van der Waals surface area contributed by atoms with Crippen molar-refractivity contribution < 1.29 is 9.47 Å². The predicted octanol–water partition coefficient (Wildman–Crippen LogP) is 2.46. The highest BCUT2D eigenvalue weighted by atomic mass is 35.5. The molecule has 0 aliphatic carbocycles. The number of nitrogens with two attached hydrogens (primary N) is 1. The molecule has 0 aliphatic heterocycles. The van der Waals surface area contributed by atoms with E-state index in [1.807, 2.05) is 12.1 Å². The van der Waals surface area contributed by atoms with E-state index in [0.29, 0.717) is 23.2 Å². The lowest BCUT2D eigenvalue weighted by molar-refractivity contribution is 0.191. The number of nitrogens with zero attached hydrogens (tertiary/aromatic N) is 1. The van der Waals surface area contributed by atoms with Crippen LogP contribution in [0.2, 0.25) is 5.02 Å². The lowest BCUT2D eigenvalue weighted by Gasteiger charge is -2.27. The van der Waals surface area contributed by atoms with Crippen LogP contribution in [0.4, 0.5) is 5.69 Å². The van der Waals surface area contributed by atoms with Crippen molar-refractivity contribution in [2.24, 2.45) is 5.73 Å². The normalized spacial score (nSPS) is 10.6. The van der Waals surface area contributed by atoms with Gasteiger partial charge in [0, 0.05) is 50.2 Å². The summed E-state index contributed by atoms with van der Waals surface area (Å²) in [5, 5.41) is 0.661. The Kier molecular flexibility index (Phi) is 7.84. The molecule has 0 saturated heterocycles. The summed E-state index contributed by atoms with van der Waals surface area (Å²) >= 11 is 11.2. The maximum absolute atomic E-state index is 6.09. The van der Waals surface area contributed by atoms with Crippen molar-refractivity contribution >= 4 is 34.5 Å². The molecule has 0 unspecified atom stereocenters. The SMILES string of the molecule is COCCCN(CCOC)c1cc(Cl)ccc1C(N)=S. The topological polar surface area (TPSA) is 47.7 Å². The molecule has 0 bridgehead atoms. The van der Waals surface area contributed by atoms with E-state index in [2.05, 4.69) is 4.90 Å². The van der Waals surface area contributed by atoms with Crippen molar-refractivity contribution in [1.29, 1.82) is 0 Å². The van der Waals surface area contributed by atoms with E-state index in [0.717, 1.165) is 30.8 Å². The van der Waals surface area contributed by atoms with Gasteiger partial charge in [-0.3, -0.25) is 0 Å². The molecule has 1 aromatic rings. The monoisotopic (exact) mass is 316 g/mol. The van der Waals surface area contributed by atoms with E-state index in [-0.39, 0.29) is 0 Å². The highest BCUT2D eigenvalue weighted by Gasteiger charge is 2.13. The molecule has 0 aromatic heterocycles. The van der Waals surface area contributed by atoms with Gasteiger partial charge in [-0.15, -0.1) is 0 Å². The minimum absolute atomic E-state index is 0.367. The Labute approximate surface area is 130 Å². The minimum atomic E-state index is 0.367. The molecule has 0 radical (unpaired) electrons. The number of methoxy groups -OCH3 is 2.